The van der Waals surface area contributed by atoms with Crippen LogP contribution in [0, 0.1) is 11.8 Å². The number of piperidine rings is 1. The Morgan fingerprint density at radius 3 is 2.55 bits per heavy atom. The van der Waals surface area contributed by atoms with Gasteiger partial charge in [0.15, 0.2) is 0 Å². The van der Waals surface area contributed by atoms with E-state index in [4.69, 9.17) is 0 Å². The molecule has 0 bridgehead atoms. The van der Waals surface area contributed by atoms with Gasteiger partial charge in [-0.2, -0.15) is 0 Å². The predicted molar refractivity (Wildman–Crippen MR) is 78.5 cm³/mol. The first-order valence-electron chi connectivity index (χ1n) is 7.55. The average molecular weight is 284 g/mol. The van der Waals surface area contributed by atoms with Crippen molar-refractivity contribution in [1.82, 2.24) is 10.2 Å². The zero-order valence-electron chi connectivity index (χ0n) is 13.1. The molecular weight excluding hydrogens is 256 g/mol. The van der Waals surface area contributed by atoms with Crippen LogP contribution in [0.15, 0.2) is 0 Å². The van der Waals surface area contributed by atoms with Gasteiger partial charge in [0.2, 0.25) is 5.91 Å². The number of hydrogen-bond acceptors (Lipinski definition) is 3. The first-order chi connectivity index (χ1) is 9.30. The topological polar surface area (TPSA) is 69.6 Å². The van der Waals surface area contributed by atoms with Crippen LogP contribution in [0.3, 0.4) is 0 Å². The maximum atomic E-state index is 12.4. The van der Waals surface area contributed by atoms with Gasteiger partial charge in [-0.25, -0.2) is 4.79 Å². The second-order valence-corrected chi connectivity index (χ2v) is 6.29. The summed E-state index contributed by atoms with van der Waals surface area (Å²) in [4.78, 5) is 25.2. The lowest BCUT2D eigenvalue weighted by Gasteiger charge is -2.36. The maximum Gasteiger partial charge on any atom is 0.329 e. The highest BCUT2D eigenvalue weighted by Gasteiger charge is 2.37. The Morgan fingerprint density at radius 2 is 2.10 bits per heavy atom. The molecule has 0 aliphatic carbocycles. The highest BCUT2D eigenvalue weighted by molar-refractivity contribution is 5.86. The van der Waals surface area contributed by atoms with E-state index in [1.165, 1.54) is 4.90 Å². The first-order valence-corrected chi connectivity index (χ1v) is 7.55. The van der Waals surface area contributed by atoms with Crippen molar-refractivity contribution >= 4 is 11.9 Å². The summed E-state index contributed by atoms with van der Waals surface area (Å²) in [5, 5.41) is 12.6. The zero-order valence-corrected chi connectivity index (χ0v) is 13.1. The molecule has 20 heavy (non-hydrogen) atoms. The van der Waals surface area contributed by atoms with Crippen molar-refractivity contribution in [1.29, 1.82) is 0 Å². The number of carbonyl (C=O) groups excluding carboxylic acids is 1. The molecule has 0 saturated carbocycles. The minimum atomic E-state index is -1.14. The van der Waals surface area contributed by atoms with Crippen LogP contribution in [0.25, 0.3) is 0 Å². The number of carbonyl (C=O) groups is 2. The highest BCUT2D eigenvalue weighted by atomic mass is 16.4. The first kappa shape index (κ1) is 17.0. The lowest BCUT2D eigenvalue weighted by atomic mass is 9.85. The highest BCUT2D eigenvalue weighted by Crippen LogP contribution is 2.25. The summed E-state index contributed by atoms with van der Waals surface area (Å²) in [6.07, 6.45) is 2.73. The quantitative estimate of drug-likeness (QED) is 0.779. The van der Waals surface area contributed by atoms with Crippen LogP contribution in [-0.4, -0.2) is 47.1 Å². The monoisotopic (exact) mass is 284 g/mol. The van der Waals surface area contributed by atoms with Gasteiger partial charge in [0, 0.05) is 13.0 Å². The van der Waals surface area contributed by atoms with Gasteiger partial charge in [0.05, 0.1) is 0 Å². The Morgan fingerprint density at radius 1 is 1.45 bits per heavy atom. The van der Waals surface area contributed by atoms with E-state index in [9.17, 15) is 14.7 Å². The van der Waals surface area contributed by atoms with Gasteiger partial charge in [-0.3, -0.25) is 4.79 Å². The van der Waals surface area contributed by atoms with Gasteiger partial charge in [0.1, 0.15) is 5.54 Å². The van der Waals surface area contributed by atoms with Crippen LogP contribution < -0.4 is 5.32 Å². The molecule has 0 aromatic carbocycles. The van der Waals surface area contributed by atoms with Gasteiger partial charge in [-0.05, 0) is 58.5 Å². The standard InChI is InChI=1S/C15H28N2O3/c1-5-17(15(3,4)14(19)20)13(18)9-11(2)12-7-6-8-16-10-12/h11-12,16H,5-10H2,1-4H3,(H,19,20). The molecule has 5 nitrogen and oxygen atoms in total. The Bertz CT molecular complexity index is 349. The zero-order chi connectivity index (χ0) is 15.3. The number of amides is 1. The maximum absolute atomic E-state index is 12.4. The number of carboxylic acids is 1. The number of likely N-dealkylation sites (N-methyl/N-ethyl adjacent to an activating group) is 1. The van der Waals surface area contributed by atoms with Gasteiger partial charge < -0.3 is 15.3 Å². The average Bonchev–Trinajstić information content (AvgIpc) is 2.39. The van der Waals surface area contributed by atoms with E-state index >= 15 is 0 Å². The summed E-state index contributed by atoms with van der Waals surface area (Å²) in [7, 11) is 0. The molecule has 2 atom stereocenters. The fraction of sp³-hybridized carbons (Fsp3) is 0.867. The molecule has 1 heterocycles. The van der Waals surface area contributed by atoms with Crippen molar-refractivity contribution in [3.05, 3.63) is 0 Å². The number of aliphatic carboxylic acids is 1. The van der Waals surface area contributed by atoms with Gasteiger partial charge in [0.25, 0.3) is 0 Å². The lowest BCUT2D eigenvalue weighted by molar-refractivity contribution is -0.157. The summed E-state index contributed by atoms with van der Waals surface area (Å²) in [5.74, 6) is -0.217. The normalized spacial score (nSPS) is 21.3. The molecule has 0 aromatic rings. The predicted octanol–water partition coefficient (Wildman–Crippen LogP) is 1.72. The minimum absolute atomic E-state index is 0.0574. The molecular formula is C15H28N2O3. The largest absolute Gasteiger partial charge is 0.480 e. The Labute approximate surface area is 121 Å². The van der Waals surface area contributed by atoms with Crippen LogP contribution in [-0.2, 0) is 9.59 Å². The van der Waals surface area contributed by atoms with Gasteiger partial charge in [-0.15, -0.1) is 0 Å². The molecule has 1 rings (SSSR count). The van der Waals surface area contributed by atoms with E-state index in [-0.39, 0.29) is 11.8 Å². The molecule has 1 aliphatic heterocycles. The van der Waals surface area contributed by atoms with Crippen molar-refractivity contribution in [3.63, 3.8) is 0 Å². The molecule has 0 radical (unpaired) electrons. The number of rotatable bonds is 6. The van der Waals surface area contributed by atoms with E-state index in [1.807, 2.05) is 6.92 Å². The van der Waals surface area contributed by atoms with Gasteiger partial charge in [-0.1, -0.05) is 6.92 Å². The summed E-state index contributed by atoms with van der Waals surface area (Å²) in [6, 6.07) is 0. The molecule has 0 aromatic heterocycles. The van der Waals surface area contributed by atoms with Crippen LogP contribution in [0.4, 0.5) is 0 Å². The fourth-order valence-electron chi connectivity index (χ4n) is 2.92. The fourth-order valence-corrected chi connectivity index (χ4v) is 2.92. The number of carboxylic acid groups (broad SMARTS) is 1. The van der Waals surface area contributed by atoms with Crippen molar-refractivity contribution in [2.45, 2.75) is 52.5 Å². The third kappa shape index (κ3) is 3.95. The van der Waals surface area contributed by atoms with Crippen LogP contribution in [0.1, 0.15) is 47.0 Å². The van der Waals surface area contributed by atoms with Crippen LogP contribution in [0.5, 0.6) is 0 Å². The molecule has 1 saturated heterocycles. The second-order valence-electron chi connectivity index (χ2n) is 6.29. The van der Waals surface area contributed by atoms with Crippen molar-refractivity contribution < 1.29 is 14.7 Å². The van der Waals surface area contributed by atoms with Crippen LogP contribution in [0.2, 0.25) is 0 Å². The summed E-state index contributed by atoms with van der Waals surface area (Å²) < 4.78 is 0. The van der Waals surface area contributed by atoms with Crippen molar-refractivity contribution in [3.8, 4) is 0 Å². The van der Waals surface area contributed by atoms with Crippen molar-refractivity contribution in [2.75, 3.05) is 19.6 Å². The van der Waals surface area contributed by atoms with Crippen LogP contribution >= 0.6 is 0 Å². The Hall–Kier alpha value is -1.10. The summed E-state index contributed by atoms with van der Waals surface area (Å²) in [6.45, 7) is 9.54. The molecule has 1 amide bonds. The van der Waals surface area contributed by atoms with Gasteiger partial charge >= 0.3 is 5.97 Å². The summed E-state index contributed by atoms with van der Waals surface area (Å²) in [5.41, 5.74) is -1.14. The minimum Gasteiger partial charge on any atom is -0.480 e. The third-order valence-corrected chi connectivity index (χ3v) is 4.45. The summed E-state index contributed by atoms with van der Waals surface area (Å²) >= 11 is 0. The Kier molecular flexibility index (Phi) is 5.99. The number of nitrogens with zero attached hydrogens (tertiary/aromatic N) is 1. The molecule has 116 valence electrons. The number of hydrogen-bond donors (Lipinski definition) is 2. The molecule has 2 unspecified atom stereocenters. The van der Waals surface area contributed by atoms with Crippen molar-refractivity contribution in [2.24, 2.45) is 11.8 Å². The molecule has 0 spiro atoms. The lowest BCUT2D eigenvalue weighted by Crippen LogP contribution is -2.53. The van der Waals surface area contributed by atoms with E-state index < -0.39 is 11.5 Å². The molecule has 5 heteroatoms. The molecule has 1 fully saturated rings. The van der Waals surface area contributed by atoms with E-state index in [2.05, 4.69) is 12.2 Å². The SMILES string of the molecule is CCN(C(=O)CC(C)C1CCCNC1)C(C)(C)C(=O)O. The second kappa shape index (κ2) is 7.07. The van der Waals surface area contributed by atoms with E-state index in [1.54, 1.807) is 13.8 Å². The molecule has 2 N–H and O–H groups in total. The van der Waals surface area contributed by atoms with E-state index in [0.717, 1.165) is 25.9 Å². The molecule has 1 aliphatic rings. The third-order valence-electron chi connectivity index (χ3n) is 4.45. The van der Waals surface area contributed by atoms with E-state index in [0.29, 0.717) is 18.9 Å². The smallest absolute Gasteiger partial charge is 0.329 e. The number of nitrogens with one attached hydrogen (secondary N) is 1. The Balaban J connectivity index is 2.65.